The lowest BCUT2D eigenvalue weighted by Crippen LogP contribution is -2.06. The molecule has 1 aromatic rings. The molecule has 90 valence electrons. The van der Waals surface area contributed by atoms with E-state index < -0.39 is 5.97 Å². The van der Waals surface area contributed by atoms with Crippen LogP contribution in [0.3, 0.4) is 0 Å². The number of carbonyl (C=O) groups excluding carboxylic acids is 1. The summed E-state index contributed by atoms with van der Waals surface area (Å²) in [5.41, 5.74) is 0.772. The van der Waals surface area contributed by atoms with Gasteiger partial charge in [0.2, 0.25) is 0 Å². The Morgan fingerprint density at radius 3 is 2.67 bits per heavy atom. The van der Waals surface area contributed by atoms with E-state index in [2.05, 4.69) is 10.1 Å². The van der Waals surface area contributed by atoms with Gasteiger partial charge in [0, 0.05) is 9.77 Å². The lowest BCUT2D eigenvalue weighted by atomic mass is 10.2. The number of hydrogen-bond donors (Lipinski definition) is 1. The molecule has 0 heterocycles. The molecule has 0 bridgehead atoms. The molecule has 0 aliphatic rings. The second-order valence-electron chi connectivity index (χ2n) is 3.08. The van der Waals surface area contributed by atoms with Gasteiger partial charge in [-0.1, -0.05) is 6.07 Å². The smallest absolute Gasteiger partial charge is 0.340 e. The Kier molecular flexibility index (Phi) is 5.15. The Labute approximate surface area is 118 Å². The highest BCUT2D eigenvalue weighted by Crippen LogP contribution is 2.23. The third kappa shape index (κ3) is 3.22. The Morgan fingerprint density at radius 2 is 2.11 bits per heavy atom. The molecule has 1 N–H and O–H groups in total. The number of nitrogens with zero attached hydrogens (tertiary/aromatic N) is 2. The van der Waals surface area contributed by atoms with Crippen molar-refractivity contribution < 1.29 is 9.53 Å². The number of halogens is 1. The molecule has 0 saturated carbocycles. The van der Waals surface area contributed by atoms with Gasteiger partial charge in [-0.15, -0.1) is 0 Å². The quantitative estimate of drug-likeness (QED) is 0.512. The van der Waals surface area contributed by atoms with Crippen molar-refractivity contribution >= 4 is 34.2 Å². The Bertz CT molecular complexity index is 566. The minimum absolute atomic E-state index is 0.0783. The van der Waals surface area contributed by atoms with Gasteiger partial charge >= 0.3 is 5.97 Å². The monoisotopic (exact) mass is 353 g/mol. The Hall–Kier alpha value is -2.06. The van der Waals surface area contributed by atoms with Crippen LogP contribution in [0.4, 0.5) is 5.69 Å². The van der Waals surface area contributed by atoms with Gasteiger partial charge in [0.1, 0.15) is 17.7 Å². The van der Waals surface area contributed by atoms with Gasteiger partial charge in [-0.25, -0.2) is 4.79 Å². The first-order valence-corrected chi connectivity index (χ1v) is 5.85. The highest BCUT2D eigenvalue weighted by molar-refractivity contribution is 14.1. The van der Waals surface area contributed by atoms with Gasteiger partial charge in [-0.3, -0.25) is 0 Å². The number of nitrogens with one attached hydrogen (secondary N) is 1. The number of hydrogen-bond acceptors (Lipinski definition) is 5. The maximum atomic E-state index is 11.6. The number of esters is 1. The largest absolute Gasteiger partial charge is 0.465 e. The van der Waals surface area contributed by atoms with Crippen LogP contribution in [0, 0.1) is 26.2 Å². The van der Waals surface area contributed by atoms with E-state index in [0.29, 0.717) is 11.3 Å². The third-order valence-corrected chi connectivity index (χ3v) is 2.92. The summed E-state index contributed by atoms with van der Waals surface area (Å²) < 4.78 is 5.44. The van der Waals surface area contributed by atoms with E-state index in [1.54, 1.807) is 30.3 Å². The van der Waals surface area contributed by atoms with E-state index in [4.69, 9.17) is 10.5 Å². The molecule has 6 heteroatoms. The first kappa shape index (κ1) is 14.0. The molecule has 18 heavy (non-hydrogen) atoms. The molecule has 0 radical (unpaired) electrons. The summed E-state index contributed by atoms with van der Waals surface area (Å²) in [5.74, 6) is -0.486. The van der Waals surface area contributed by atoms with Crippen LogP contribution in [0.25, 0.3) is 0 Å². The summed E-state index contributed by atoms with van der Waals surface area (Å²) in [4.78, 5) is 11.6. The number of para-hydroxylation sites is 1. The average Bonchev–Trinajstić information content (AvgIpc) is 2.40. The van der Waals surface area contributed by atoms with Crippen LogP contribution in [0.1, 0.15) is 10.4 Å². The fraction of sp³-hybridized carbons (Fsp3) is 0.0833. The number of carbonyl (C=O) groups is 1. The van der Waals surface area contributed by atoms with Crippen LogP contribution in [0.5, 0.6) is 0 Å². The van der Waals surface area contributed by atoms with Crippen LogP contribution in [0.2, 0.25) is 0 Å². The molecule has 1 aromatic carbocycles. The molecular formula is C12H8IN3O2. The predicted molar refractivity (Wildman–Crippen MR) is 73.4 cm³/mol. The standard InChI is InChI=1S/C12H8IN3O2/c1-18-12(17)9-3-2-4-10(13)11(9)16-7-8(5-14)6-15/h2-4,7,16H,1H3. The molecule has 0 spiro atoms. The highest BCUT2D eigenvalue weighted by atomic mass is 127. The summed E-state index contributed by atoms with van der Waals surface area (Å²) in [7, 11) is 1.29. The molecule has 0 aromatic heterocycles. The average molecular weight is 353 g/mol. The predicted octanol–water partition coefficient (Wildman–Crippen LogP) is 2.42. The van der Waals surface area contributed by atoms with Gasteiger partial charge in [0.05, 0.1) is 18.4 Å². The first-order valence-electron chi connectivity index (χ1n) is 4.77. The van der Waals surface area contributed by atoms with Gasteiger partial charge in [-0.05, 0) is 34.7 Å². The first-order chi connectivity index (χ1) is 8.63. The number of benzene rings is 1. The molecule has 0 saturated heterocycles. The molecule has 1 rings (SSSR count). The van der Waals surface area contributed by atoms with Crippen molar-refractivity contribution in [1.29, 1.82) is 10.5 Å². The van der Waals surface area contributed by atoms with Crippen molar-refractivity contribution in [2.45, 2.75) is 0 Å². The van der Waals surface area contributed by atoms with Crippen molar-refractivity contribution in [1.82, 2.24) is 0 Å². The van der Waals surface area contributed by atoms with E-state index in [1.165, 1.54) is 13.3 Å². The van der Waals surface area contributed by atoms with Crippen LogP contribution in [-0.2, 0) is 4.74 Å². The van der Waals surface area contributed by atoms with Crippen LogP contribution in [0.15, 0.2) is 30.0 Å². The highest BCUT2D eigenvalue weighted by Gasteiger charge is 2.13. The zero-order valence-electron chi connectivity index (χ0n) is 9.40. The molecular weight excluding hydrogens is 345 g/mol. The van der Waals surface area contributed by atoms with Gasteiger partial charge < -0.3 is 10.1 Å². The summed E-state index contributed by atoms with van der Waals surface area (Å²) in [6.45, 7) is 0. The maximum absolute atomic E-state index is 11.6. The topological polar surface area (TPSA) is 85.9 Å². The Balaban J connectivity index is 3.17. The van der Waals surface area contributed by atoms with E-state index >= 15 is 0 Å². The lowest BCUT2D eigenvalue weighted by molar-refractivity contribution is 0.0602. The zero-order valence-corrected chi connectivity index (χ0v) is 11.6. The molecule has 0 unspecified atom stereocenters. The van der Waals surface area contributed by atoms with E-state index in [-0.39, 0.29) is 5.57 Å². The second-order valence-corrected chi connectivity index (χ2v) is 4.24. The number of ether oxygens (including phenoxy) is 1. The maximum Gasteiger partial charge on any atom is 0.340 e. The number of methoxy groups -OCH3 is 1. The van der Waals surface area contributed by atoms with Crippen molar-refractivity contribution in [3.8, 4) is 12.1 Å². The van der Waals surface area contributed by atoms with Crippen LogP contribution in [-0.4, -0.2) is 13.1 Å². The molecule has 0 fully saturated rings. The summed E-state index contributed by atoms with van der Waals surface area (Å²) in [6, 6.07) is 8.56. The second kappa shape index (κ2) is 6.62. The van der Waals surface area contributed by atoms with Crippen molar-refractivity contribution in [3.05, 3.63) is 39.1 Å². The zero-order chi connectivity index (χ0) is 13.5. The summed E-state index contributed by atoms with van der Waals surface area (Å²) >= 11 is 2.04. The lowest BCUT2D eigenvalue weighted by Gasteiger charge is -2.09. The van der Waals surface area contributed by atoms with Gasteiger partial charge in [-0.2, -0.15) is 10.5 Å². The van der Waals surface area contributed by atoms with E-state index in [1.807, 2.05) is 22.6 Å². The van der Waals surface area contributed by atoms with Crippen molar-refractivity contribution in [2.24, 2.45) is 0 Å². The number of rotatable bonds is 3. The number of anilines is 1. The van der Waals surface area contributed by atoms with Crippen LogP contribution >= 0.6 is 22.6 Å². The fourth-order valence-corrected chi connectivity index (χ4v) is 1.84. The molecule has 0 atom stereocenters. The van der Waals surface area contributed by atoms with E-state index in [9.17, 15) is 4.79 Å². The van der Waals surface area contributed by atoms with Gasteiger partial charge in [0.15, 0.2) is 0 Å². The number of allylic oxidation sites excluding steroid dienone is 1. The van der Waals surface area contributed by atoms with E-state index in [0.717, 1.165) is 3.57 Å². The summed E-state index contributed by atoms with van der Waals surface area (Å²) in [6.07, 6.45) is 1.25. The summed E-state index contributed by atoms with van der Waals surface area (Å²) in [5, 5.41) is 20.0. The third-order valence-electron chi connectivity index (χ3n) is 2.02. The molecule has 0 amide bonds. The minimum atomic E-state index is -0.486. The normalized spacial score (nSPS) is 8.67. The minimum Gasteiger partial charge on any atom is -0.465 e. The van der Waals surface area contributed by atoms with Crippen molar-refractivity contribution in [2.75, 3.05) is 12.4 Å². The fourth-order valence-electron chi connectivity index (χ4n) is 1.18. The SMILES string of the molecule is COC(=O)c1cccc(I)c1NC=C(C#N)C#N. The molecule has 0 aliphatic heterocycles. The van der Waals surface area contributed by atoms with Crippen LogP contribution < -0.4 is 5.32 Å². The molecule has 0 aliphatic carbocycles. The Morgan fingerprint density at radius 1 is 1.44 bits per heavy atom. The molecule has 5 nitrogen and oxygen atoms in total. The number of nitriles is 2. The van der Waals surface area contributed by atoms with Gasteiger partial charge in [0.25, 0.3) is 0 Å². The van der Waals surface area contributed by atoms with Crippen molar-refractivity contribution in [3.63, 3.8) is 0 Å².